The highest BCUT2D eigenvalue weighted by molar-refractivity contribution is 5.27. The minimum atomic E-state index is -4.25. The lowest BCUT2D eigenvalue weighted by Gasteiger charge is -2.31. The molecule has 0 amide bonds. The van der Waals surface area contributed by atoms with Crippen molar-refractivity contribution >= 4 is 0 Å². The van der Waals surface area contributed by atoms with Gasteiger partial charge in [0.15, 0.2) is 0 Å². The van der Waals surface area contributed by atoms with Crippen LogP contribution in [0.4, 0.5) is 13.2 Å². The first-order chi connectivity index (χ1) is 7.97. The number of rotatable bonds is 1. The molecule has 1 aromatic rings. The Bertz CT molecular complexity index is 372. The molecule has 0 saturated carbocycles. The molecule has 2 rings (SSSR count). The summed E-state index contributed by atoms with van der Waals surface area (Å²) in [5.74, 6) is 0. The quantitative estimate of drug-likeness (QED) is 0.815. The topological polar surface area (TPSA) is 15.3 Å². The summed E-state index contributed by atoms with van der Waals surface area (Å²) in [6, 6.07) is 5.52. The van der Waals surface area contributed by atoms with Gasteiger partial charge in [-0.1, -0.05) is 12.1 Å². The van der Waals surface area contributed by atoms with Crippen LogP contribution in [0.5, 0.6) is 0 Å². The van der Waals surface area contributed by atoms with Crippen molar-refractivity contribution in [3.63, 3.8) is 0 Å². The molecule has 1 atom stereocenters. The fourth-order valence-corrected chi connectivity index (χ4v) is 2.02. The van der Waals surface area contributed by atoms with Crippen LogP contribution in [0.25, 0.3) is 0 Å². The van der Waals surface area contributed by atoms with E-state index in [2.05, 4.69) is 10.2 Å². The summed E-state index contributed by atoms with van der Waals surface area (Å²) in [5.41, 5.74) is 0.315. The second-order valence-electron chi connectivity index (χ2n) is 4.39. The molecule has 0 bridgehead atoms. The molecule has 1 aliphatic rings. The number of nitrogens with one attached hydrogen (secondary N) is 1. The second kappa shape index (κ2) is 4.66. The van der Waals surface area contributed by atoms with E-state index in [1.165, 1.54) is 0 Å². The van der Waals surface area contributed by atoms with Crippen molar-refractivity contribution in [2.75, 3.05) is 26.7 Å². The van der Waals surface area contributed by atoms with Crippen LogP contribution in [0.1, 0.15) is 17.2 Å². The van der Waals surface area contributed by atoms with E-state index in [0.29, 0.717) is 0 Å². The number of piperazine rings is 1. The molecule has 1 aliphatic heterocycles. The normalized spacial score (nSPS) is 22.7. The number of halogens is 3. The van der Waals surface area contributed by atoms with Gasteiger partial charge >= 0.3 is 6.18 Å². The lowest BCUT2D eigenvalue weighted by Crippen LogP contribution is -2.43. The first kappa shape index (κ1) is 12.4. The monoisotopic (exact) mass is 244 g/mol. The predicted molar refractivity (Wildman–Crippen MR) is 59.7 cm³/mol. The number of nitrogens with zero attached hydrogens (tertiary/aromatic N) is 1. The van der Waals surface area contributed by atoms with Crippen LogP contribution in [0, 0.1) is 0 Å². The molecule has 0 radical (unpaired) electrons. The van der Waals surface area contributed by atoms with Crippen LogP contribution in [0.3, 0.4) is 0 Å². The second-order valence-corrected chi connectivity index (χ2v) is 4.39. The maximum atomic E-state index is 12.4. The van der Waals surface area contributed by atoms with E-state index in [1.807, 2.05) is 7.05 Å². The van der Waals surface area contributed by atoms with Gasteiger partial charge in [0.25, 0.3) is 0 Å². The van der Waals surface area contributed by atoms with Crippen molar-refractivity contribution in [2.24, 2.45) is 0 Å². The first-order valence-corrected chi connectivity index (χ1v) is 5.56. The first-order valence-electron chi connectivity index (χ1n) is 5.56. The molecule has 2 nitrogen and oxygen atoms in total. The molecule has 0 aliphatic carbocycles. The molecule has 94 valence electrons. The Morgan fingerprint density at radius 2 is 1.88 bits per heavy atom. The van der Waals surface area contributed by atoms with E-state index in [4.69, 9.17) is 0 Å². The van der Waals surface area contributed by atoms with Crippen molar-refractivity contribution in [2.45, 2.75) is 12.2 Å². The van der Waals surface area contributed by atoms with Crippen LogP contribution in [0.2, 0.25) is 0 Å². The molecular formula is C12H15F3N2. The fourth-order valence-electron chi connectivity index (χ4n) is 2.02. The number of alkyl halides is 3. The predicted octanol–water partition coefficient (Wildman–Crippen LogP) is 2.28. The van der Waals surface area contributed by atoms with Crippen LogP contribution < -0.4 is 5.32 Å². The highest BCUT2D eigenvalue weighted by Gasteiger charge is 2.30. The SMILES string of the molecule is CN1CCNC(c2ccc(C(F)(F)F)cc2)C1. The molecule has 5 heteroatoms. The third-order valence-corrected chi connectivity index (χ3v) is 3.02. The summed E-state index contributed by atoms with van der Waals surface area (Å²) in [6.45, 7) is 2.66. The molecule has 1 unspecified atom stereocenters. The van der Waals surface area contributed by atoms with E-state index in [-0.39, 0.29) is 6.04 Å². The van der Waals surface area contributed by atoms with E-state index >= 15 is 0 Å². The summed E-state index contributed by atoms with van der Waals surface area (Å²) in [5, 5.41) is 3.30. The number of likely N-dealkylation sites (N-methyl/N-ethyl adjacent to an activating group) is 1. The van der Waals surface area contributed by atoms with Gasteiger partial charge in [0.1, 0.15) is 0 Å². The minimum absolute atomic E-state index is 0.121. The minimum Gasteiger partial charge on any atom is -0.308 e. The Morgan fingerprint density at radius 3 is 2.41 bits per heavy atom. The average molecular weight is 244 g/mol. The number of hydrogen-bond donors (Lipinski definition) is 1. The summed E-state index contributed by atoms with van der Waals surface area (Å²) in [6.07, 6.45) is -4.25. The van der Waals surface area contributed by atoms with Gasteiger partial charge in [-0.25, -0.2) is 0 Å². The lowest BCUT2D eigenvalue weighted by molar-refractivity contribution is -0.137. The molecule has 0 aromatic heterocycles. The van der Waals surface area contributed by atoms with Gasteiger partial charge in [-0.15, -0.1) is 0 Å². The molecular weight excluding hydrogens is 229 g/mol. The third-order valence-electron chi connectivity index (χ3n) is 3.02. The fraction of sp³-hybridized carbons (Fsp3) is 0.500. The molecule has 1 saturated heterocycles. The van der Waals surface area contributed by atoms with Crippen molar-refractivity contribution in [3.8, 4) is 0 Å². The van der Waals surface area contributed by atoms with Gasteiger partial charge in [0.2, 0.25) is 0 Å². The van der Waals surface area contributed by atoms with Gasteiger partial charge in [-0.3, -0.25) is 0 Å². The van der Waals surface area contributed by atoms with Gasteiger partial charge in [-0.2, -0.15) is 13.2 Å². The summed E-state index contributed by atoms with van der Waals surface area (Å²) in [4.78, 5) is 2.17. The van der Waals surface area contributed by atoms with Gasteiger partial charge in [0.05, 0.1) is 5.56 Å². The van der Waals surface area contributed by atoms with Crippen LogP contribution >= 0.6 is 0 Å². The Hall–Kier alpha value is -1.07. The molecule has 1 fully saturated rings. The maximum Gasteiger partial charge on any atom is 0.416 e. The van der Waals surface area contributed by atoms with E-state index in [1.54, 1.807) is 12.1 Å². The number of benzene rings is 1. The van der Waals surface area contributed by atoms with Crippen molar-refractivity contribution < 1.29 is 13.2 Å². The van der Waals surface area contributed by atoms with Gasteiger partial charge in [-0.05, 0) is 24.7 Å². The Balaban J connectivity index is 2.12. The van der Waals surface area contributed by atoms with E-state index < -0.39 is 11.7 Å². The number of hydrogen-bond acceptors (Lipinski definition) is 2. The Labute approximate surface area is 98.4 Å². The smallest absolute Gasteiger partial charge is 0.308 e. The maximum absolute atomic E-state index is 12.4. The van der Waals surface area contributed by atoms with Crippen LogP contribution in [-0.2, 0) is 6.18 Å². The standard InChI is InChI=1S/C12H15F3N2/c1-17-7-6-16-11(8-17)9-2-4-10(5-3-9)12(13,14)15/h2-5,11,16H,6-8H2,1H3. The van der Waals surface area contributed by atoms with Gasteiger partial charge < -0.3 is 10.2 Å². The molecule has 1 N–H and O–H groups in total. The summed E-state index contributed by atoms with van der Waals surface area (Å²) >= 11 is 0. The van der Waals surface area contributed by atoms with Crippen molar-refractivity contribution in [3.05, 3.63) is 35.4 Å². The highest BCUT2D eigenvalue weighted by Crippen LogP contribution is 2.30. The molecule has 0 spiro atoms. The average Bonchev–Trinajstić information content (AvgIpc) is 2.28. The van der Waals surface area contributed by atoms with Gasteiger partial charge in [0, 0.05) is 25.7 Å². The zero-order valence-electron chi connectivity index (χ0n) is 9.59. The molecule has 1 aromatic carbocycles. The molecule has 1 heterocycles. The highest BCUT2D eigenvalue weighted by atomic mass is 19.4. The third kappa shape index (κ3) is 2.98. The Kier molecular flexibility index (Phi) is 3.40. The van der Waals surface area contributed by atoms with Crippen molar-refractivity contribution in [1.82, 2.24) is 10.2 Å². The van der Waals surface area contributed by atoms with Crippen molar-refractivity contribution in [1.29, 1.82) is 0 Å². The summed E-state index contributed by atoms with van der Waals surface area (Å²) in [7, 11) is 2.01. The largest absolute Gasteiger partial charge is 0.416 e. The zero-order valence-corrected chi connectivity index (χ0v) is 9.59. The zero-order chi connectivity index (χ0) is 12.5. The molecule has 17 heavy (non-hydrogen) atoms. The Morgan fingerprint density at radius 1 is 1.24 bits per heavy atom. The van der Waals surface area contributed by atoms with E-state index in [9.17, 15) is 13.2 Å². The lowest BCUT2D eigenvalue weighted by atomic mass is 10.0. The van der Waals surface area contributed by atoms with Crippen LogP contribution in [0.15, 0.2) is 24.3 Å². The van der Waals surface area contributed by atoms with Crippen LogP contribution in [-0.4, -0.2) is 31.6 Å². The van der Waals surface area contributed by atoms with E-state index in [0.717, 1.165) is 37.3 Å². The summed E-state index contributed by atoms with van der Waals surface area (Å²) < 4.78 is 37.2.